The normalized spacial score (nSPS) is 21.6. The molecule has 0 bridgehead atoms. The summed E-state index contributed by atoms with van der Waals surface area (Å²) in [7, 11) is 0. The maximum absolute atomic E-state index is 12.7. The molecule has 2 aliphatic rings. The molecule has 1 unspecified atom stereocenters. The van der Waals surface area contributed by atoms with E-state index in [1.54, 1.807) is 0 Å². The molecule has 1 fully saturated rings. The van der Waals surface area contributed by atoms with Gasteiger partial charge in [-0.1, -0.05) is 18.2 Å². The summed E-state index contributed by atoms with van der Waals surface area (Å²) in [6.45, 7) is 1.69. The lowest BCUT2D eigenvalue weighted by Crippen LogP contribution is -2.50. The summed E-state index contributed by atoms with van der Waals surface area (Å²) in [6, 6.07) is 8.39. The molecule has 1 amide bonds. The highest BCUT2D eigenvalue weighted by Gasteiger charge is 2.34. The molecule has 4 heteroatoms. The molecule has 20 heavy (non-hydrogen) atoms. The molecule has 1 aliphatic heterocycles. The van der Waals surface area contributed by atoms with Gasteiger partial charge in [-0.15, -0.1) is 0 Å². The van der Waals surface area contributed by atoms with Gasteiger partial charge in [-0.25, -0.2) is 0 Å². The second-order valence-electron chi connectivity index (χ2n) is 5.72. The summed E-state index contributed by atoms with van der Waals surface area (Å²) >= 11 is 0. The zero-order valence-electron chi connectivity index (χ0n) is 11.8. The lowest BCUT2D eigenvalue weighted by atomic mass is 9.89. The maximum atomic E-state index is 12.7. The Balaban J connectivity index is 1.70. The van der Waals surface area contributed by atoms with Crippen molar-refractivity contribution in [1.29, 1.82) is 0 Å². The molecule has 1 saturated carbocycles. The first kappa shape index (κ1) is 13.4. The van der Waals surface area contributed by atoms with Crippen molar-refractivity contribution in [2.75, 3.05) is 19.7 Å². The van der Waals surface area contributed by atoms with Crippen LogP contribution >= 0.6 is 0 Å². The zero-order valence-corrected chi connectivity index (χ0v) is 11.8. The maximum Gasteiger partial charge on any atom is 0.229 e. The highest BCUT2D eigenvalue weighted by molar-refractivity contribution is 5.80. The first-order valence-electron chi connectivity index (χ1n) is 7.51. The molecule has 0 spiro atoms. The average Bonchev–Trinajstić information content (AvgIpc) is 2.43. The van der Waals surface area contributed by atoms with E-state index < -0.39 is 0 Å². The highest BCUT2D eigenvalue weighted by atomic mass is 16.5. The van der Waals surface area contributed by atoms with Gasteiger partial charge in [0, 0.05) is 19.1 Å². The van der Waals surface area contributed by atoms with E-state index in [-0.39, 0.29) is 11.8 Å². The molecular weight excluding hydrogens is 252 g/mol. The fraction of sp³-hybridized carbons (Fsp3) is 0.562. The molecule has 0 radical (unpaired) electrons. The van der Waals surface area contributed by atoms with E-state index in [4.69, 9.17) is 10.5 Å². The molecule has 2 N–H and O–H groups in total. The monoisotopic (exact) mass is 274 g/mol. The number of hydrogen-bond donors (Lipinski definition) is 1. The Bertz CT molecular complexity index is 485. The van der Waals surface area contributed by atoms with E-state index in [0.29, 0.717) is 25.7 Å². The van der Waals surface area contributed by atoms with Gasteiger partial charge in [-0.05, 0) is 37.3 Å². The van der Waals surface area contributed by atoms with Gasteiger partial charge in [-0.2, -0.15) is 0 Å². The van der Waals surface area contributed by atoms with Crippen LogP contribution in [0.3, 0.4) is 0 Å². The van der Waals surface area contributed by atoms with Gasteiger partial charge < -0.3 is 15.4 Å². The van der Waals surface area contributed by atoms with E-state index >= 15 is 0 Å². The Morgan fingerprint density at radius 2 is 2.15 bits per heavy atom. The number of para-hydroxylation sites is 1. The van der Waals surface area contributed by atoms with Crippen LogP contribution in [-0.4, -0.2) is 36.5 Å². The molecule has 4 nitrogen and oxygen atoms in total. The molecular formula is C16H22N2O2. The number of hydrogen-bond acceptors (Lipinski definition) is 3. The van der Waals surface area contributed by atoms with Crippen LogP contribution in [0.5, 0.6) is 5.75 Å². The Kier molecular flexibility index (Phi) is 3.92. The minimum absolute atomic E-state index is 0.0583. The van der Waals surface area contributed by atoms with Crippen LogP contribution in [0.1, 0.15) is 24.8 Å². The highest BCUT2D eigenvalue weighted by Crippen LogP contribution is 2.30. The van der Waals surface area contributed by atoms with Gasteiger partial charge in [0.15, 0.2) is 0 Å². The van der Waals surface area contributed by atoms with Crippen molar-refractivity contribution in [2.24, 2.45) is 11.7 Å². The number of carbonyl (C=O) groups excluding carboxylic acids is 1. The van der Waals surface area contributed by atoms with Crippen molar-refractivity contribution >= 4 is 5.91 Å². The third-order valence-corrected chi connectivity index (χ3v) is 4.40. The fourth-order valence-corrected chi connectivity index (χ4v) is 3.03. The third-order valence-electron chi connectivity index (χ3n) is 4.40. The molecule has 0 saturated heterocycles. The molecule has 0 aromatic heterocycles. The first-order chi connectivity index (χ1) is 9.79. The van der Waals surface area contributed by atoms with Crippen LogP contribution in [-0.2, 0) is 11.2 Å². The van der Waals surface area contributed by atoms with Crippen molar-refractivity contribution in [3.63, 3.8) is 0 Å². The number of fused-ring (bicyclic) bond motifs is 1. The summed E-state index contributed by atoms with van der Waals surface area (Å²) in [5, 5.41) is 0. The van der Waals surface area contributed by atoms with Crippen molar-refractivity contribution in [2.45, 2.75) is 31.7 Å². The Labute approximate surface area is 119 Å². The number of ether oxygens (including phenoxy) is 1. The Hall–Kier alpha value is -1.55. The van der Waals surface area contributed by atoms with Gasteiger partial charge in [-0.3, -0.25) is 4.79 Å². The van der Waals surface area contributed by atoms with Crippen molar-refractivity contribution in [3.05, 3.63) is 29.8 Å². The second-order valence-corrected chi connectivity index (χ2v) is 5.72. The SMILES string of the molecule is NCCN(C(=O)C1COc2ccccc2C1)C1CCC1. The molecule has 1 atom stereocenters. The lowest BCUT2D eigenvalue weighted by Gasteiger charge is -2.40. The number of nitrogens with zero attached hydrogens (tertiary/aromatic N) is 1. The predicted molar refractivity (Wildman–Crippen MR) is 77.5 cm³/mol. The molecule has 1 aliphatic carbocycles. The molecule has 108 valence electrons. The summed E-state index contributed by atoms with van der Waals surface area (Å²) in [4.78, 5) is 14.7. The summed E-state index contributed by atoms with van der Waals surface area (Å²) in [5.41, 5.74) is 6.80. The van der Waals surface area contributed by atoms with Crippen LogP contribution in [0.4, 0.5) is 0 Å². The van der Waals surface area contributed by atoms with Gasteiger partial charge in [0.1, 0.15) is 12.4 Å². The second kappa shape index (κ2) is 5.83. The molecule has 1 aromatic carbocycles. The van der Waals surface area contributed by atoms with Crippen LogP contribution in [0.15, 0.2) is 24.3 Å². The van der Waals surface area contributed by atoms with E-state index in [0.717, 1.165) is 30.6 Å². The quantitative estimate of drug-likeness (QED) is 0.907. The fourth-order valence-electron chi connectivity index (χ4n) is 3.03. The largest absolute Gasteiger partial charge is 0.492 e. The molecule has 3 rings (SSSR count). The van der Waals surface area contributed by atoms with Crippen molar-refractivity contribution < 1.29 is 9.53 Å². The van der Waals surface area contributed by atoms with E-state index in [1.165, 1.54) is 6.42 Å². The van der Waals surface area contributed by atoms with Crippen molar-refractivity contribution in [1.82, 2.24) is 4.90 Å². The standard InChI is InChI=1S/C16H22N2O2/c17-8-9-18(14-5-3-6-14)16(19)13-10-12-4-1-2-7-15(12)20-11-13/h1-2,4,7,13-14H,3,5-6,8-11,17H2. The van der Waals surface area contributed by atoms with Gasteiger partial charge >= 0.3 is 0 Å². The third kappa shape index (κ3) is 2.52. The van der Waals surface area contributed by atoms with Crippen molar-refractivity contribution in [3.8, 4) is 5.75 Å². The topological polar surface area (TPSA) is 55.6 Å². The molecule has 1 aromatic rings. The number of rotatable bonds is 4. The predicted octanol–water partition coefficient (Wildman–Crippen LogP) is 1.58. The summed E-state index contributed by atoms with van der Waals surface area (Å²) in [6.07, 6.45) is 4.25. The van der Waals surface area contributed by atoms with Crippen LogP contribution < -0.4 is 10.5 Å². The number of carbonyl (C=O) groups is 1. The molecule has 1 heterocycles. The zero-order chi connectivity index (χ0) is 13.9. The van der Waals surface area contributed by atoms with E-state index in [9.17, 15) is 4.79 Å². The minimum Gasteiger partial charge on any atom is -0.492 e. The average molecular weight is 274 g/mol. The minimum atomic E-state index is -0.0583. The van der Waals surface area contributed by atoms with E-state index in [2.05, 4.69) is 0 Å². The number of nitrogens with two attached hydrogens (primary N) is 1. The lowest BCUT2D eigenvalue weighted by molar-refractivity contribution is -0.141. The van der Waals surface area contributed by atoms with Gasteiger partial charge in [0.2, 0.25) is 5.91 Å². The smallest absolute Gasteiger partial charge is 0.229 e. The number of benzene rings is 1. The van der Waals surface area contributed by atoms with Crippen LogP contribution in [0.25, 0.3) is 0 Å². The van der Waals surface area contributed by atoms with Crippen LogP contribution in [0, 0.1) is 5.92 Å². The number of amides is 1. The summed E-state index contributed by atoms with van der Waals surface area (Å²) in [5.74, 6) is 1.08. The van der Waals surface area contributed by atoms with Gasteiger partial charge in [0.25, 0.3) is 0 Å². The van der Waals surface area contributed by atoms with Gasteiger partial charge in [0.05, 0.1) is 5.92 Å². The van der Waals surface area contributed by atoms with Crippen LogP contribution in [0.2, 0.25) is 0 Å². The Morgan fingerprint density at radius 3 is 2.85 bits per heavy atom. The van der Waals surface area contributed by atoms with E-state index in [1.807, 2.05) is 29.2 Å². The Morgan fingerprint density at radius 1 is 1.35 bits per heavy atom. The first-order valence-corrected chi connectivity index (χ1v) is 7.51. The summed E-state index contributed by atoms with van der Waals surface area (Å²) < 4.78 is 5.74.